The molecule has 0 aliphatic carbocycles. The van der Waals surface area contributed by atoms with Crippen molar-refractivity contribution >= 4 is 17.5 Å². The minimum Gasteiger partial charge on any atom is -0.473 e. The molecule has 0 bridgehead atoms. The molecule has 1 N–H and O–H groups in total. The molecule has 0 unspecified atom stereocenters. The number of hydrogen-bond donors (Lipinski definition) is 1. The van der Waals surface area contributed by atoms with Gasteiger partial charge in [-0.2, -0.15) is 13.2 Å². The highest BCUT2D eigenvalue weighted by Crippen LogP contribution is 2.35. The molecule has 0 saturated heterocycles. The second-order valence-corrected chi connectivity index (χ2v) is 3.53. The molecule has 1 aromatic rings. The van der Waals surface area contributed by atoms with E-state index in [2.05, 4.69) is 6.58 Å². The van der Waals surface area contributed by atoms with Crippen molar-refractivity contribution < 1.29 is 17.9 Å². The van der Waals surface area contributed by atoms with Crippen molar-refractivity contribution in [2.24, 2.45) is 0 Å². The zero-order valence-electron chi connectivity index (χ0n) is 8.64. The fraction of sp³-hybridized carbons (Fsp3) is 0.182. The Bertz CT molecular complexity index is 443. The van der Waals surface area contributed by atoms with E-state index in [-0.39, 0.29) is 16.5 Å². The Morgan fingerprint density at radius 2 is 2.12 bits per heavy atom. The lowest BCUT2D eigenvalue weighted by atomic mass is 10.1. The van der Waals surface area contributed by atoms with Crippen molar-refractivity contribution in [1.82, 2.24) is 0 Å². The van der Waals surface area contributed by atoms with E-state index in [4.69, 9.17) is 21.7 Å². The minimum absolute atomic E-state index is 0.0447. The van der Waals surface area contributed by atoms with Crippen molar-refractivity contribution in [3.8, 4) is 0 Å². The van der Waals surface area contributed by atoms with E-state index < -0.39 is 18.3 Å². The minimum atomic E-state index is -4.50. The largest absolute Gasteiger partial charge is 0.473 e. The summed E-state index contributed by atoms with van der Waals surface area (Å²) in [7, 11) is 0. The maximum absolute atomic E-state index is 12.6. The molecule has 0 aromatic heterocycles. The summed E-state index contributed by atoms with van der Waals surface area (Å²) in [5, 5.41) is 7.07. The Morgan fingerprint density at radius 1 is 1.47 bits per heavy atom. The van der Waals surface area contributed by atoms with Crippen LogP contribution in [-0.2, 0) is 17.5 Å². The summed E-state index contributed by atoms with van der Waals surface area (Å²) >= 11 is 5.69. The molecule has 0 atom stereocenters. The highest BCUT2D eigenvalue weighted by Gasteiger charge is 2.34. The predicted molar refractivity (Wildman–Crippen MR) is 59.2 cm³/mol. The van der Waals surface area contributed by atoms with Gasteiger partial charge >= 0.3 is 6.18 Å². The number of ether oxygens (including phenoxy) is 1. The van der Waals surface area contributed by atoms with Crippen LogP contribution in [-0.4, -0.2) is 5.90 Å². The molecule has 17 heavy (non-hydrogen) atoms. The molecule has 1 rings (SSSR count). The van der Waals surface area contributed by atoms with Crippen molar-refractivity contribution in [2.75, 3.05) is 0 Å². The molecule has 92 valence electrons. The van der Waals surface area contributed by atoms with Crippen LogP contribution in [0.5, 0.6) is 0 Å². The van der Waals surface area contributed by atoms with Crippen LogP contribution in [0, 0.1) is 5.41 Å². The lowest BCUT2D eigenvalue weighted by Gasteiger charge is -2.14. The molecule has 0 amide bonds. The van der Waals surface area contributed by atoms with Crippen molar-refractivity contribution in [2.45, 2.75) is 12.8 Å². The third-order valence-corrected chi connectivity index (χ3v) is 2.34. The lowest BCUT2D eigenvalue weighted by Crippen LogP contribution is -2.11. The number of alkyl halides is 3. The average molecular weight is 264 g/mol. The van der Waals surface area contributed by atoms with Gasteiger partial charge in [-0.25, -0.2) is 0 Å². The quantitative estimate of drug-likeness (QED) is 0.648. The molecule has 2 nitrogen and oxygen atoms in total. The molecule has 0 aliphatic rings. The predicted octanol–water partition coefficient (Wildman–Crippen LogP) is 4.04. The molecule has 1 aromatic carbocycles. The second kappa shape index (κ2) is 5.23. The first kappa shape index (κ1) is 13.6. The fourth-order valence-electron chi connectivity index (χ4n) is 1.18. The summed E-state index contributed by atoms with van der Waals surface area (Å²) in [6.45, 7) is 2.84. The van der Waals surface area contributed by atoms with E-state index in [0.717, 1.165) is 12.1 Å². The van der Waals surface area contributed by atoms with Crippen LogP contribution in [0.15, 0.2) is 30.9 Å². The van der Waals surface area contributed by atoms with Gasteiger partial charge in [-0.05, 0) is 18.2 Å². The molecular weight excluding hydrogens is 255 g/mol. The Kier molecular flexibility index (Phi) is 4.17. The zero-order chi connectivity index (χ0) is 13.1. The van der Waals surface area contributed by atoms with Gasteiger partial charge in [-0.15, -0.1) is 0 Å². The van der Waals surface area contributed by atoms with Gasteiger partial charge in [0.1, 0.15) is 6.61 Å². The average Bonchev–Trinajstić information content (AvgIpc) is 2.25. The van der Waals surface area contributed by atoms with E-state index in [9.17, 15) is 13.2 Å². The monoisotopic (exact) mass is 263 g/mol. The maximum atomic E-state index is 12.6. The van der Waals surface area contributed by atoms with Crippen LogP contribution in [0.3, 0.4) is 0 Å². The Balaban J connectivity index is 3.04. The van der Waals surface area contributed by atoms with E-state index in [1.165, 1.54) is 12.1 Å². The molecule has 0 fully saturated rings. The summed E-state index contributed by atoms with van der Waals surface area (Å²) in [6.07, 6.45) is -3.41. The van der Waals surface area contributed by atoms with Crippen LogP contribution in [0.25, 0.3) is 0 Å². The highest BCUT2D eigenvalue weighted by atomic mass is 35.5. The number of halogens is 4. The Hall–Kier alpha value is -1.49. The number of benzene rings is 1. The van der Waals surface area contributed by atoms with Crippen molar-refractivity contribution in [3.05, 3.63) is 47.0 Å². The first-order chi connectivity index (χ1) is 7.86. The van der Waals surface area contributed by atoms with Crippen molar-refractivity contribution in [1.29, 1.82) is 5.41 Å². The number of rotatable bonds is 3. The standard InChI is InChI=1S/C11H9ClF3NO/c1-2-10(16)17-6-7-8(11(13,14)15)4-3-5-9(7)12/h2-5,16H,1,6H2. The van der Waals surface area contributed by atoms with Gasteiger partial charge in [-0.1, -0.05) is 24.2 Å². The summed E-state index contributed by atoms with van der Waals surface area (Å²) in [4.78, 5) is 0. The second-order valence-electron chi connectivity index (χ2n) is 3.12. The molecular formula is C11H9ClF3NO. The van der Waals surface area contributed by atoms with E-state index in [0.29, 0.717) is 0 Å². The first-order valence-corrected chi connectivity index (χ1v) is 4.92. The highest BCUT2D eigenvalue weighted by molar-refractivity contribution is 6.31. The molecule has 6 heteroatoms. The molecule has 0 saturated carbocycles. The van der Waals surface area contributed by atoms with Crippen molar-refractivity contribution in [3.63, 3.8) is 0 Å². The van der Waals surface area contributed by atoms with Gasteiger partial charge in [0.25, 0.3) is 0 Å². The summed E-state index contributed by atoms with van der Waals surface area (Å²) in [5.74, 6) is -0.307. The SMILES string of the molecule is C=CC(=N)OCc1c(Cl)cccc1C(F)(F)F. The van der Waals surface area contributed by atoms with Crippen LogP contribution < -0.4 is 0 Å². The molecule has 0 heterocycles. The zero-order valence-corrected chi connectivity index (χ0v) is 9.40. The topological polar surface area (TPSA) is 33.1 Å². The lowest BCUT2D eigenvalue weighted by molar-refractivity contribution is -0.138. The van der Waals surface area contributed by atoms with Gasteiger partial charge in [-0.3, -0.25) is 5.41 Å². The van der Waals surface area contributed by atoms with Gasteiger partial charge in [0.05, 0.1) is 5.56 Å². The van der Waals surface area contributed by atoms with E-state index in [1.807, 2.05) is 0 Å². The number of nitrogens with one attached hydrogen (secondary N) is 1. The summed E-state index contributed by atoms with van der Waals surface area (Å²) in [6, 6.07) is 3.47. The van der Waals surface area contributed by atoms with Gasteiger partial charge < -0.3 is 4.74 Å². The van der Waals surface area contributed by atoms with E-state index in [1.54, 1.807) is 0 Å². The Morgan fingerprint density at radius 3 is 2.65 bits per heavy atom. The van der Waals surface area contributed by atoms with Crippen LogP contribution in [0.1, 0.15) is 11.1 Å². The van der Waals surface area contributed by atoms with Crippen LogP contribution >= 0.6 is 11.6 Å². The maximum Gasteiger partial charge on any atom is 0.416 e. The summed E-state index contributed by atoms with van der Waals surface area (Å²) < 4.78 is 42.7. The van der Waals surface area contributed by atoms with Gasteiger partial charge in [0.2, 0.25) is 5.90 Å². The number of hydrogen-bond acceptors (Lipinski definition) is 2. The third kappa shape index (κ3) is 3.49. The van der Waals surface area contributed by atoms with Crippen LogP contribution in [0.2, 0.25) is 5.02 Å². The summed E-state index contributed by atoms with van der Waals surface area (Å²) in [5.41, 5.74) is -1.05. The smallest absolute Gasteiger partial charge is 0.416 e. The third-order valence-electron chi connectivity index (χ3n) is 1.98. The normalized spacial score (nSPS) is 11.1. The van der Waals surface area contributed by atoms with E-state index >= 15 is 0 Å². The molecule has 0 radical (unpaired) electrons. The van der Waals surface area contributed by atoms with Crippen LogP contribution in [0.4, 0.5) is 13.2 Å². The Labute approximate surface area is 101 Å². The van der Waals surface area contributed by atoms with Gasteiger partial charge in [0, 0.05) is 10.6 Å². The first-order valence-electron chi connectivity index (χ1n) is 4.54. The molecule has 0 aliphatic heterocycles. The molecule has 0 spiro atoms. The van der Waals surface area contributed by atoms with Gasteiger partial charge in [0.15, 0.2) is 0 Å². The fourth-order valence-corrected chi connectivity index (χ4v) is 1.41.